The van der Waals surface area contributed by atoms with Gasteiger partial charge in [0, 0.05) is 10.6 Å². The highest BCUT2D eigenvalue weighted by atomic mass is 79.9. The molecule has 0 saturated carbocycles. The van der Waals surface area contributed by atoms with Gasteiger partial charge in [0.2, 0.25) is 5.78 Å². The van der Waals surface area contributed by atoms with Crippen molar-refractivity contribution in [2.45, 2.75) is 0 Å². The summed E-state index contributed by atoms with van der Waals surface area (Å²) in [7, 11) is 0. The van der Waals surface area contributed by atoms with Crippen LogP contribution in [-0.4, -0.2) is 10.4 Å². The fourth-order valence-corrected chi connectivity index (χ4v) is 1.84. The van der Waals surface area contributed by atoms with E-state index in [0.717, 1.165) is 5.69 Å². The zero-order valence-electron chi connectivity index (χ0n) is 9.81. The highest BCUT2D eigenvalue weighted by Gasteiger charge is 2.10. The van der Waals surface area contributed by atoms with E-state index in [0.29, 0.717) is 10.6 Å². The molecule has 1 N–H and O–H groups in total. The molecule has 0 unspecified atom stereocenters. The van der Waals surface area contributed by atoms with Crippen molar-refractivity contribution in [2.75, 3.05) is 5.43 Å². The molecule has 0 fully saturated rings. The van der Waals surface area contributed by atoms with Crippen LogP contribution in [0.4, 0.5) is 5.69 Å². The van der Waals surface area contributed by atoms with Crippen molar-refractivity contribution in [1.82, 2.24) is 0 Å². The molecule has 19 heavy (non-hydrogen) atoms. The summed E-state index contributed by atoms with van der Waals surface area (Å²) in [6, 6.07) is 16.0. The zero-order valence-corrected chi connectivity index (χ0v) is 12.1. The Kier molecular flexibility index (Phi) is 4.71. The first-order chi connectivity index (χ1) is 9.16. The van der Waals surface area contributed by atoms with Gasteiger partial charge in [0.05, 0.1) is 5.69 Å². The molecule has 0 bridgehead atoms. The number of benzene rings is 2. The number of nitrogens with one attached hydrogen (secondary N) is 1. The number of nitrogens with zero attached hydrogens (tertiary/aromatic N) is 1. The number of hydrazone groups is 1. The number of Topliss-reactive ketones (excluding diaryl/α,β-unsaturated/α-hetero) is 1. The Bertz CT molecular complexity index is 597. The van der Waals surface area contributed by atoms with Crippen LogP contribution in [0.3, 0.4) is 0 Å². The molecule has 0 atom stereocenters. The smallest absolute Gasteiger partial charge is 0.220 e. The van der Waals surface area contributed by atoms with Gasteiger partial charge in [-0.3, -0.25) is 10.2 Å². The van der Waals surface area contributed by atoms with E-state index in [1.807, 2.05) is 6.07 Å². The minimum absolute atomic E-state index is 0.179. The lowest BCUT2D eigenvalue weighted by Crippen LogP contribution is -2.09. The van der Waals surface area contributed by atoms with Gasteiger partial charge in [0.25, 0.3) is 0 Å². The van der Waals surface area contributed by atoms with E-state index in [-0.39, 0.29) is 10.4 Å². The molecular formula is C14H10BrClN2O. The van der Waals surface area contributed by atoms with Gasteiger partial charge >= 0.3 is 0 Å². The molecule has 3 nitrogen and oxygen atoms in total. The summed E-state index contributed by atoms with van der Waals surface area (Å²) in [5.74, 6) is -0.179. The van der Waals surface area contributed by atoms with Gasteiger partial charge in [-0.05, 0) is 40.2 Å². The van der Waals surface area contributed by atoms with Crippen molar-refractivity contribution in [3.05, 3.63) is 65.2 Å². The number of hydrogen-bond donors (Lipinski definition) is 1. The first kappa shape index (κ1) is 13.8. The van der Waals surface area contributed by atoms with Gasteiger partial charge in [0.15, 0.2) is 4.62 Å². The van der Waals surface area contributed by atoms with Crippen LogP contribution < -0.4 is 5.43 Å². The zero-order chi connectivity index (χ0) is 13.7. The number of ketones is 1. The fraction of sp³-hybridized carbons (Fsp3) is 0. The summed E-state index contributed by atoms with van der Waals surface area (Å²) in [5.41, 5.74) is 4.12. The maximum Gasteiger partial charge on any atom is 0.220 e. The lowest BCUT2D eigenvalue weighted by Gasteiger charge is -2.02. The lowest BCUT2D eigenvalue weighted by molar-refractivity contribution is 0.106. The average molecular weight is 338 g/mol. The molecule has 5 heteroatoms. The Morgan fingerprint density at radius 3 is 2.32 bits per heavy atom. The molecule has 0 spiro atoms. The van der Waals surface area contributed by atoms with Crippen LogP contribution in [0.5, 0.6) is 0 Å². The number of rotatable bonds is 4. The quantitative estimate of drug-likeness (QED) is 0.512. The Morgan fingerprint density at radius 2 is 1.68 bits per heavy atom. The first-order valence-electron chi connectivity index (χ1n) is 5.51. The van der Waals surface area contributed by atoms with Crippen molar-refractivity contribution in [2.24, 2.45) is 5.10 Å². The van der Waals surface area contributed by atoms with E-state index in [9.17, 15) is 4.79 Å². The van der Waals surface area contributed by atoms with Gasteiger partial charge in [-0.25, -0.2) is 0 Å². The molecule has 0 saturated heterocycles. The van der Waals surface area contributed by atoms with Gasteiger partial charge in [-0.2, -0.15) is 5.10 Å². The minimum atomic E-state index is -0.179. The molecule has 2 aromatic carbocycles. The normalized spacial score (nSPS) is 11.2. The summed E-state index contributed by atoms with van der Waals surface area (Å²) in [4.78, 5) is 12.0. The highest BCUT2D eigenvalue weighted by molar-refractivity contribution is 9.19. The number of carbonyl (C=O) groups excluding carboxylic acids is 1. The maximum atomic E-state index is 12.0. The standard InChI is InChI=1S/C14H10BrClN2O/c15-14(13(19)10-4-2-1-3-5-10)18-17-12-8-6-11(16)7-9-12/h1-9,17H. The molecule has 2 aromatic rings. The molecule has 0 radical (unpaired) electrons. The second-order valence-corrected chi connectivity index (χ2v) is 4.90. The van der Waals surface area contributed by atoms with Crippen LogP contribution in [0, 0.1) is 0 Å². The Hall–Kier alpha value is -1.65. The van der Waals surface area contributed by atoms with E-state index in [1.54, 1.807) is 48.5 Å². The lowest BCUT2D eigenvalue weighted by atomic mass is 10.1. The number of anilines is 1. The molecule has 0 aliphatic carbocycles. The molecule has 0 amide bonds. The summed E-state index contributed by atoms with van der Waals surface area (Å²) < 4.78 is 0.216. The topological polar surface area (TPSA) is 41.5 Å². The Labute approximate surface area is 124 Å². The van der Waals surface area contributed by atoms with Gasteiger partial charge in [0.1, 0.15) is 0 Å². The largest absolute Gasteiger partial charge is 0.286 e. The second kappa shape index (κ2) is 6.50. The molecule has 0 aliphatic rings. The van der Waals surface area contributed by atoms with Gasteiger partial charge < -0.3 is 0 Å². The van der Waals surface area contributed by atoms with Gasteiger partial charge in [-0.1, -0.05) is 41.9 Å². The molecule has 0 aromatic heterocycles. The SMILES string of the molecule is O=C(C(Br)=NNc1ccc(Cl)cc1)c1ccccc1. The third-order valence-corrected chi connectivity index (χ3v) is 3.14. The van der Waals surface area contributed by atoms with Gasteiger partial charge in [-0.15, -0.1) is 0 Å². The van der Waals surface area contributed by atoms with Crippen molar-refractivity contribution in [3.8, 4) is 0 Å². The average Bonchev–Trinajstić information content (AvgIpc) is 2.46. The van der Waals surface area contributed by atoms with Crippen LogP contribution in [0.1, 0.15) is 10.4 Å². The maximum absolute atomic E-state index is 12.0. The third-order valence-electron chi connectivity index (χ3n) is 2.35. The molecular weight excluding hydrogens is 328 g/mol. The molecule has 2 rings (SSSR count). The molecule has 0 heterocycles. The summed E-state index contributed by atoms with van der Waals surface area (Å²) in [6.45, 7) is 0. The number of hydrogen-bond acceptors (Lipinski definition) is 3. The van der Waals surface area contributed by atoms with Crippen molar-refractivity contribution in [3.63, 3.8) is 0 Å². The fourth-order valence-electron chi connectivity index (χ4n) is 1.40. The Morgan fingerprint density at radius 1 is 1.05 bits per heavy atom. The van der Waals surface area contributed by atoms with Crippen LogP contribution in [-0.2, 0) is 0 Å². The van der Waals surface area contributed by atoms with E-state index in [4.69, 9.17) is 11.6 Å². The van der Waals surface area contributed by atoms with Crippen molar-refractivity contribution >= 4 is 43.6 Å². The highest BCUT2D eigenvalue weighted by Crippen LogP contribution is 2.14. The van der Waals surface area contributed by atoms with Crippen LogP contribution in [0.25, 0.3) is 0 Å². The molecule has 96 valence electrons. The predicted molar refractivity (Wildman–Crippen MR) is 82.2 cm³/mol. The van der Waals surface area contributed by atoms with Crippen LogP contribution >= 0.6 is 27.5 Å². The molecule has 0 aliphatic heterocycles. The van der Waals surface area contributed by atoms with E-state index >= 15 is 0 Å². The number of halogens is 2. The third kappa shape index (κ3) is 3.91. The summed E-state index contributed by atoms with van der Waals surface area (Å²) in [6.07, 6.45) is 0. The van der Waals surface area contributed by atoms with E-state index < -0.39 is 0 Å². The monoisotopic (exact) mass is 336 g/mol. The minimum Gasteiger partial charge on any atom is -0.286 e. The van der Waals surface area contributed by atoms with E-state index in [1.165, 1.54) is 0 Å². The predicted octanol–water partition coefficient (Wildman–Crippen LogP) is 4.34. The van der Waals surface area contributed by atoms with Crippen LogP contribution in [0.2, 0.25) is 5.02 Å². The van der Waals surface area contributed by atoms with E-state index in [2.05, 4.69) is 26.5 Å². The first-order valence-corrected chi connectivity index (χ1v) is 6.68. The van der Waals surface area contributed by atoms with Crippen LogP contribution in [0.15, 0.2) is 59.7 Å². The second-order valence-electron chi connectivity index (χ2n) is 3.72. The summed E-state index contributed by atoms with van der Waals surface area (Å²) >= 11 is 8.94. The number of carbonyl (C=O) groups is 1. The Balaban J connectivity index is 2.07. The summed E-state index contributed by atoms with van der Waals surface area (Å²) in [5, 5.41) is 4.64. The van der Waals surface area contributed by atoms with Crippen molar-refractivity contribution in [1.29, 1.82) is 0 Å². The van der Waals surface area contributed by atoms with Crippen molar-refractivity contribution < 1.29 is 4.79 Å².